The predicted molar refractivity (Wildman–Crippen MR) is 114 cm³/mol. The van der Waals surface area contributed by atoms with Crippen molar-refractivity contribution in [1.29, 1.82) is 0 Å². The molecular formula is C24H22N2O3. The smallest absolute Gasteiger partial charge is 0.244 e. The molecule has 0 aliphatic carbocycles. The Morgan fingerprint density at radius 3 is 2.76 bits per heavy atom. The number of aromatic nitrogens is 1. The quantitative estimate of drug-likeness (QED) is 0.458. The third kappa shape index (κ3) is 4.24. The van der Waals surface area contributed by atoms with Gasteiger partial charge in [-0.25, -0.2) is 0 Å². The molecule has 29 heavy (non-hydrogen) atoms. The van der Waals surface area contributed by atoms with Gasteiger partial charge in [-0.2, -0.15) is 0 Å². The van der Waals surface area contributed by atoms with E-state index in [-0.39, 0.29) is 5.91 Å². The zero-order valence-electron chi connectivity index (χ0n) is 16.1. The highest BCUT2D eigenvalue weighted by Crippen LogP contribution is 2.24. The highest BCUT2D eigenvalue weighted by atomic mass is 16.5. The number of furan rings is 1. The fraction of sp³-hybridized carbons (Fsp3) is 0.125. The van der Waals surface area contributed by atoms with Gasteiger partial charge in [-0.1, -0.05) is 30.3 Å². The van der Waals surface area contributed by atoms with Gasteiger partial charge >= 0.3 is 0 Å². The number of amides is 1. The summed E-state index contributed by atoms with van der Waals surface area (Å²) in [5.41, 5.74) is 3.87. The molecular weight excluding hydrogens is 364 g/mol. The van der Waals surface area contributed by atoms with E-state index in [9.17, 15) is 4.79 Å². The Bertz CT molecular complexity index is 1130. The molecule has 2 N–H and O–H groups in total. The Morgan fingerprint density at radius 2 is 2.00 bits per heavy atom. The minimum Gasteiger partial charge on any atom is -0.497 e. The van der Waals surface area contributed by atoms with Gasteiger partial charge in [-0.05, 0) is 41.8 Å². The van der Waals surface area contributed by atoms with Gasteiger partial charge in [0.1, 0.15) is 11.5 Å². The first-order valence-electron chi connectivity index (χ1n) is 9.47. The number of nitrogens with one attached hydrogen (secondary N) is 2. The van der Waals surface area contributed by atoms with E-state index in [1.54, 1.807) is 19.4 Å². The lowest BCUT2D eigenvalue weighted by molar-refractivity contribution is -0.116. The van der Waals surface area contributed by atoms with Gasteiger partial charge in [-0.15, -0.1) is 0 Å². The maximum Gasteiger partial charge on any atom is 0.244 e. The van der Waals surface area contributed by atoms with Crippen molar-refractivity contribution < 1.29 is 13.9 Å². The van der Waals surface area contributed by atoms with E-state index in [1.807, 2.05) is 66.9 Å². The molecule has 0 bridgehead atoms. The van der Waals surface area contributed by atoms with Crippen molar-refractivity contribution in [2.24, 2.45) is 0 Å². The molecule has 0 aliphatic heterocycles. The molecule has 0 spiro atoms. The van der Waals surface area contributed by atoms with Gasteiger partial charge in [0.25, 0.3) is 0 Å². The molecule has 0 radical (unpaired) electrons. The molecule has 5 heteroatoms. The van der Waals surface area contributed by atoms with E-state index in [4.69, 9.17) is 9.15 Å². The largest absolute Gasteiger partial charge is 0.497 e. The molecule has 0 unspecified atom stereocenters. The number of H-pyrrole nitrogens is 1. The first-order valence-corrected chi connectivity index (χ1v) is 9.47. The minimum atomic E-state index is -0.151. The van der Waals surface area contributed by atoms with Crippen LogP contribution in [0.15, 0.2) is 83.6 Å². The van der Waals surface area contributed by atoms with Crippen LogP contribution < -0.4 is 10.1 Å². The average molecular weight is 386 g/mol. The summed E-state index contributed by atoms with van der Waals surface area (Å²) in [5.74, 6) is 1.33. The van der Waals surface area contributed by atoms with Crippen LogP contribution in [0.1, 0.15) is 16.9 Å². The van der Waals surface area contributed by atoms with Crippen LogP contribution in [0.2, 0.25) is 0 Å². The number of hydrogen-bond acceptors (Lipinski definition) is 3. The SMILES string of the molecule is COc1ccc2c(CCNC(=O)C=C(c3ccccc3)c3ccco3)c[nH]c2c1. The van der Waals surface area contributed by atoms with Gasteiger partial charge in [0.2, 0.25) is 5.91 Å². The van der Waals surface area contributed by atoms with Crippen LogP contribution in [0, 0.1) is 0 Å². The standard InChI is InChI=1S/C24H22N2O3/c1-28-19-9-10-20-18(16-26-22(20)14-19)11-12-25-24(27)15-21(23-8-5-13-29-23)17-6-3-2-4-7-17/h2-10,13-16,26H,11-12H2,1H3,(H,25,27). The number of benzene rings is 2. The summed E-state index contributed by atoms with van der Waals surface area (Å²) in [5, 5.41) is 4.11. The van der Waals surface area contributed by atoms with Crippen LogP contribution >= 0.6 is 0 Å². The molecule has 2 aromatic carbocycles. The van der Waals surface area contributed by atoms with Crippen LogP contribution in [0.25, 0.3) is 16.5 Å². The first-order chi connectivity index (χ1) is 14.2. The van der Waals surface area contributed by atoms with Crippen LogP contribution in [0.3, 0.4) is 0 Å². The first kappa shape index (κ1) is 18.6. The molecule has 4 aromatic rings. The summed E-state index contributed by atoms with van der Waals surface area (Å²) in [7, 11) is 1.65. The maximum absolute atomic E-state index is 12.5. The van der Waals surface area contributed by atoms with Gasteiger partial charge in [-0.3, -0.25) is 4.79 Å². The third-order valence-corrected chi connectivity index (χ3v) is 4.82. The number of rotatable bonds is 7. The average Bonchev–Trinajstić information content (AvgIpc) is 3.42. The lowest BCUT2D eigenvalue weighted by Gasteiger charge is -2.06. The number of aromatic amines is 1. The fourth-order valence-electron chi connectivity index (χ4n) is 3.35. The summed E-state index contributed by atoms with van der Waals surface area (Å²) in [6, 6.07) is 19.4. The Hall–Kier alpha value is -3.73. The van der Waals surface area contributed by atoms with Crippen molar-refractivity contribution in [2.45, 2.75) is 6.42 Å². The Labute approximate surface area is 169 Å². The number of fused-ring (bicyclic) bond motifs is 1. The van der Waals surface area contributed by atoms with Crippen LogP contribution in [0.5, 0.6) is 5.75 Å². The molecule has 0 saturated carbocycles. The molecule has 1 amide bonds. The Kier molecular flexibility index (Phi) is 5.47. The highest BCUT2D eigenvalue weighted by Gasteiger charge is 2.11. The monoisotopic (exact) mass is 386 g/mol. The molecule has 0 aliphatic rings. The molecule has 0 atom stereocenters. The van der Waals surface area contributed by atoms with Crippen molar-refractivity contribution in [3.05, 3.63) is 96.1 Å². The summed E-state index contributed by atoms with van der Waals surface area (Å²) in [6.45, 7) is 0.536. The lowest BCUT2D eigenvalue weighted by Crippen LogP contribution is -2.24. The number of hydrogen-bond donors (Lipinski definition) is 2. The summed E-state index contributed by atoms with van der Waals surface area (Å²) < 4.78 is 10.8. The number of methoxy groups -OCH3 is 1. The molecule has 0 saturated heterocycles. The second-order valence-corrected chi connectivity index (χ2v) is 6.67. The molecule has 0 fully saturated rings. The zero-order chi connectivity index (χ0) is 20.1. The second-order valence-electron chi connectivity index (χ2n) is 6.67. The number of carbonyl (C=O) groups excluding carboxylic acids is 1. The highest BCUT2D eigenvalue weighted by molar-refractivity contribution is 5.98. The fourth-order valence-corrected chi connectivity index (χ4v) is 3.35. The molecule has 2 heterocycles. The number of ether oxygens (including phenoxy) is 1. The Balaban J connectivity index is 1.45. The normalized spacial score (nSPS) is 11.6. The summed E-state index contributed by atoms with van der Waals surface area (Å²) in [4.78, 5) is 15.8. The minimum absolute atomic E-state index is 0.151. The Morgan fingerprint density at radius 1 is 1.14 bits per heavy atom. The van der Waals surface area contributed by atoms with Gasteiger partial charge in [0.05, 0.1) is 13.4 Å². The van der Waals surface area contributed by atoms with Crippen molar-refractivity contribution in [3.8, 4) is 5.75 Å². The van der Waals surface area contributed by atoms with Crippen molar-refractivity contribution >= 4 is 22.4 Å². The molecule has 146 valence electrons. The topological polar surface area (TPSA) is 67.3 Å². The second kappa shape index (κ2) is 8.52. The van der Waals surface area contributed by atoms with Crippen molar-refractivity contribution in [1.82, 2.24) is 10.3 Å². The third-order valence-electron chi connectivity index (χ3n) is 4.82. The van der Waals surface area contributed by atoms with Gasteiger partial charge in [0, 0.05) is 41.4 Å². The predicted octanol–water partition coefficient (Wildman–Crippen LogP) is 4.56. The number of carbonyl (C=O) groups is 1. The van der Waals surface area contributed by atoms with Gasteiger partial charge in [0.15, 0.2) is 0 Å². The van der Waals surface area contributed by atoms with E-state index in [0.717, 1.165) is 39.8 Å². The molecule has 2 aromatic heterocycles. The molecule has 4 rings (SSSR count). The zero-order valence-corrected chi connectivity index (χ0v) is 16.1. The van der Waals surface area contributed by atoms with Crippen LogP contribution in [-0.2, 0) is 11.2 Å². The summed E-state index contributed by atoms with van der Waals surface area (Å²) in [6.07, 6.45) is 5.90. The molecule has 5 nitrogen and oxygen atoms in total. The lowest BCUT2D eigenvalue weighted by atomic mass is 10.0. The van der Waals surface area contributed by atoms with Crippen LogP contribution in [-0.4, -0.2) is 24.5 Å². The van der Waals surface area contributed by atoms with Crippen molar-refractivity contribution in [3.63, 3.8) is 0 Å². The van der Waals surface area contributed by atoms with Gasteiger partial charge < -0.3 is 19.5 Å². The maximum atomic E-state index is 12.5. The van der Waals surface area contributed by atoms with E-state index >= 15 is 0 Å². The summed E-state index contributed by atoms with van der Waals surface area (Å²) >= 11 is 0. The van der Waals surface area contributed by atoms with E-state index in [2.05, 4.69) is 10.3 Å². The van der Waals surface area contributed by atoms with E-state index in [1.165, 1.54) is 0 Å². The van der Waals surface area contributed by atoms with E-state index < -0.39 is 0 Å². The van der Waals surface area contributed by atoms with E-state index in [0.29, 0.717) is 12.3 Å². The van der Waals surface area contributed by atoms with Crippen LogP contribution in [0.4, 0.5) is 0 Å². The van der Waals surface area contributed by atoms with Crippen molar-refractivity contribution in [2.75, 3.05) is 13.7 Å².